The van der Waals surface area contributed by atoms with Crippen LogP contribution in [0.25, 0.3) is 0 Å². The maximum Gasteiger partial charge on any atom is 0.410 e. The molecular weight excluding hydrogens is 272 g/mol. The maximum atomic E-state index is 11.8. The topological polar surface area (TPSA) is 81.9 Å². The summed E-state index contributed by atoms with van der Waals surface area (Å²) in [6.07, 6.45) is -0.440. The molecule has 0 aromatic heterocycles. The van der Waals surface area contributed by atoms with Gasteiger partial charge < -0.3 is 20.1 Å². The Morgan fingerprint density at radius 1 is 1.32 bits per heavy atom. The quantitative estimate of drug-likeness (QED) is 0.773. The van der Waals surface area contributed by atoms with Crippen molar-refractivity contribution in [3.8, 4) is 0 Å². The lowest BCUT2D eigenvalue weighted by molar-refractivity contribution is -0.147. The summed E-state index contributed by atoms with van der Waals surface area (Å²) in [4.78, 5) is 24.9. The third-order valence-corrected chi connectivity index (χ3v) is 2.61. The third kappa shape index (κ3) is 5.24. The van der Waals surface area contributed by atoms with E-state index in [0.717, 1.165) is 0 Å². The Hall–Kier alpha value is -1.01. The highest BCUT2D eigenvalue weighted by Crippen LogP contribution is 2.20. The van der Waals surface area contributed by atoms with Crippen molar-refractivity contribution in [1.82, 2.24) is 4.90 Å². The Morgan fingerprint density at radius 3 is 2.37 bits per heavy atom. The molecule has 0 spiro atoms. The fourth-order valence-electron chi connectivity index (χ4n) is 1.80. The smallest absolute Gasteiger partial charge is 0.410 e. The van der Waals surface area contributed by atoms with Gasteiger partial charge in [-0.3, -0.25) is 4.79 Å². The monoisotopic (exact) mass is 294 g/mol. The van der Waals surface area contributed by atoms with E-state index in [4.69, 9.17) is 15.2 Å². The van der Waals surface area contributed by atoms with E-state index in [0.29, 0.717) is 13.2 Å². The van der Waals surface area contributed by atoms with Crippen LogP contribution in [0.3, 0.4) is 0 Å². The summed E-state index contributed by atoms with van der Waals surface area (Å²) in [6, 6.07) is -0.392. The van der Waals surface area contributed by atoms with Crippen LogP contribution in [0.2, 0.25) is 0 Å². The lowest BCUT2D eigenvalue weighted by atomic mass is 10.1. The minimum Gasteiger partial charge on any atom is -0.466 e. The van der Waals surface area contributed by atoms with Gasteiger partial charge in [-0.2, -0.15) is 0 Å². The van der Waals surface area contributed by atoms with Crippen LogP contribution in [-0.4, -0.2) is 48.3 Å². The van der Waals surface area contributed by atoms with E-state index in [2.05, 4.69) is 0 Å². The standard InChI is InChI=1S/C12H22N2O4.ClH/c1-5-17-10(15)8-6-14(7-9(8)13)11(16)18-12(2,3)4;/h8-9H,5-7,13H2,1-4H3;1H/t8-,9-;/m1./s1. The molecule has 1 heterocycles. The van der Waals surface area contributed by atoms with E-state index >= 15 is 0 Å². The van der Waals surface area contributed by atoms with Gasteiger partial charge in [0.15, 0.2) is 0 Å². The molecule has 2 N–H and O–H groups in total. The minimum atomic E-state index is -0.552. The van der Waals surface area contributed by atoms with Gasteiger partial charge in [-0.25, -0.2) is 4.79 Å². The first-order valence-electron chi connectivity index (χ1n) is 6.14. The molecule has 2 atom stereocenters. The van der Waals surface area contributed by atoms with E-state index in [9.17, 15) is 9.59 Å². The van der Waals surface area contributed by atoms with Gasteiger partial charge >= 0.3 is 12.1 Å². The van der Waals surface area contributed by atoms with Gasteiger partial charge in [0.25, 0.3) is 0 Å². The second-order valence-electron chi connectivity index (χ2n) is 5.41. The summed E-state index contributed by atoms with van der Waals surface area (Å²) in [5.74, 6) is -0.812. The number of carbonyl (C=O) groups is 2. The SMILES string of the molecule is CCOC(=O)[C@@H]1CN(C(=O)OC(C)(C)C)C[C@H]1N.Cl. The van der Waals surface area contributed by atoms with E-state index in [1.807, 2.05) is 0 Å². The number of esters is 1. The number of nitrogens with two attached hydrogens (primary N) is 1. The van der Waals surface area contributed by atoms with Crippen LogP contribution < -0.4 is 5.73 Å². The molecule has 0 aliphatic carbocycles. The predicted molar refractivity (Wildman–Crippen MR) is 73.2 cm³/mol. The van der Waals surface area contributed by atoms with Crippen LogP contribution in [0, 0.1) is 5.92 Å². The molecule has 1 fully saturated rings. The lowest BCUT2D eigenvalue weighted by Gasteiger charge is -2.24. The minimum absolute atomic E-state index is 0. The number of hydrogen-bond acceptors (Lipinski definition) is 5. The number of nitrogens with zero attached hydrogens (tertiary/aromatic N) is 1. The Kier molecular flexibility index (Phi) is 6.59. The lowest BCUT2D eigenvalue weighted by Crippen LogP contribution is -2.36. The first-order valence-corrected chi connectivity index (χ1v) is 6.14. The number of likely N-dealkylation sites (tertiary alicyclic amines) is 1. The van der Waals surface area contributed by atoms with Crippen molar-refractivity contribution < 1.29 is 19.1 Å². The van der Waals surface area contributed by atoms with Gasteiger partial charge in [-0.15, -0.1) is 12.4 Å². The molecule has 1 aliphatic rings. The van der Waals surface area contributed by atoms with Gasteiger partial charge in [0, 0.05) is 19.1 Å². The first-order chi connectivity index (χ1) is 8.24. The van der Waals surface area contributed by atoms with Crippen LogP contribution in [0.15, 0.2) is 0 Å². The number of carbonyl (C=O) groups excluding carboxylic acids is 2. The zero-order chi connectivity index (χ0) is 13.9. The molecular formula is C12H23ClN2O4. The summed E-state index contributed by atoms with van der Waals surface area (Å²) in [5.41, 5.74) is 5.30. The van der Waals surface area contributed by atoms with Crippen LogP contribution in [0.1, 0.15) is 27.7 Å². The molecule has 7 heteroatoms. The summed E-state index contributed by atoms with van der Waals surface area (Å²) < 4.78 is 10.2. The van der Waals surface area contributed by atoms with Gasteiger partial charge in [0.05, 0.1) is 12.5 Å². The fourth-order valence-corrected chi connectivity index (χ4v) is 1.80. The molecule has 0 saturated carbocycles. The summed E-state index contributed by atoms with van der Waals surface area (Å²) >= 11 is 0. The molecule has 112 valence electrons. The fraction of sp³-hybridized carbons (Fsp3) is 0.833. The van der Waals surface area contributed by atoms with Crippen LogP contribution >= 0.6 is 12.4 Å². The molecule has 0 unspecified atom stereocenters. The summed E-state index contributed by atoms with van der Waals surface area (Å²) in [5, 5.41) is 0. The Balaban J connectivity index is 0.00000324. The zero-order valence-corrected chi connectivity index (χ0v) is 12.7. The first kappa shape index (κ1) is 18.0. The van der Waals surface area contributed by atoms with E-state index in [1.54, 1.807) is 27.7 Å². The normalized spacial score (nSPS) is 22.7. The summed E-state index contributed by atoms with van der Waals surface area (Å²) in [7, 11) is 0. The second kappa shape index (κ2) is 6.96. The van der Waals surface area contributed by atoms with E-state index < -0.39 is 23.7 Å². The van der Waals surface area contributed by atoms with Gasteiger partial charge in [0.1, 0.15) is 5.60 Å². The largest absolute Gasteiger partial charge is 0.466 e. The molecule has 6 nitrogen and oxygen atoms in total. The molecule has 0 bridgehead atoms. The molecule has 19 heavy (non-hydrogen) atoms. The van der Waals surface area contributed by atoms with Crippen LogP contribution in [0.4, 0.5) is 4.79 Å². The molecule has 1 aliphatic heterocycles. The van der Waals surface area contributed by atoms with E-state index in [-0.39, 0.29) is 24.9 Å². The number of amides is 1. The Bertz CT molecular complexity index is 330. The number of ether oxygens (including phenoxy) is 2. The maximum absolute atomic E-state index is 11.8. The molecule has 0 aromatic carbocycles. The Morgan fingerprint density at radius 2 is 1.89 bits per heavy atom. The molecule has 1 saturated heterocycles. The van der Waals surface area contributed by atoms with Crippen molar-refractivity contribution in [2.75, 3.05) is 19.7 Å². The average molecular weight is 295 g/mol. The average Bonchev–Trinajstić information content (AvgIpc) is 2.58. The van der Waals surface area contributed by atoms with Gasteiger partial charge in [-0.05, 0) is 27.7 Å². The summed E-state index contributed by atoms with van der Waals surface area (Å²) in [6.45, 7) is 8.02. The van der Waals surface area contributed by atoms with Crippen molar-refractivity contribution in [2.45, 2.75) is 39.3 Å². The van der Waals surface area contributed by atoms with Crippen molar-refractivity contribution in [2.24, 2.45) is 11.7 Å². The van der Waals surface area contributed by atoms with E-state index in [1.165, 1.54) is 4.90 Å². The Labute approximate surface area is 120 Å². The molecule has 0 radical (unpaired) electrons. The van der Waals surface area contributed by atoms with Crippen molar-refractivity contribution in [3.63, 3.8) is 0 Å². The third-order valence-electron chi connectivity index (χ3n) is 2.61. The molecule has 1 rings (SSSR count). The van der Waals surface area contributed by atoms with Crippen molar-refractivity contribution in [1.29, 1.82) is 0 Å². The molecule has 1 amide bonds. The van der Waals surface area contributed by atoms with Gasteiger partial charge in [-0.1, -0.05) is 0 Å². The highest BCUT2D eigenvalue weighted by atomic mass is 35.5. The van der Waals surface area contributed by atoms with Crippen LogP contribution in [-0.2, 0) is 14.3 Å². The van der Waals surface area contributed by atoms with Gasteiger partial charge in [0.2, 0.25) is 0 Å². The highest BCUT2D eigenvalue weighted by molar-refractivity contribution is 5.85. The highest BCUT2D eigenvalue weighted by Gasteiger charge is 2.39. The van der Waals surface area contributed by atoms with Crippen molar-refractivity contribution >= 4 is 24.5 Å². The zero-order valence-electron chi connectivity index (χ0n) is 11.8. The predicted octanol–water partition coefficient (Wildman–Crippen LogP) is 1.17. The molecule has 0 aromatic rings. The van der Waals surface area contributed by atoms with Crippen LogP contribution in [0.5, 0.6) is 0 Å². The number of rotatable bonds is 2. The number of halogens is 1. The van der Waals surface area contributed by atoms with Crippen molar-refractivity contribution in [3.05, 3.63) is 0 Å². The second-order valence-corrected chi connectivity index (χ2v) is 5.41. The number of hydrogen-bond donors (Lipinski definition) is 1.